The Hall–Kier alpha value is -2.11. The van der Waals surface area contributed by atoms with Gasteiger partial charge in [0.1, 0.15) is 0 Å². The molecule has 1 fully saturated rings. The van der Waals surface area contributed by atoms with E-state index in [9.17, 15) is 4.79 Å². The fourth-order valence-electron chi connectivity index (χ4n) is 3.78. The fraction of sp³-hybridized carbons (Fsp3) is 0.588. The van der Waals surface area contributed by atoms with Gasteiger partial charge in [-0.05, 0) is 26.2 Å². The average Bonchev–Trinajstić information content (AvgIpc) is 3.09. The zero-order valence-electron chi connectivity index (χ0n) is 13.8. The molecule has 6 nitrogen and oxygen atoms in total. The smallest absolute Gasteiger partial charge is 0.292 e. The molecule has 2 aliphatic rings. The van der Waals surface area contributed by atoms with Gasteiger partial charge in [0, 0.05) is 24.6 Å². The molecule has 1 saturated carbocycles. The van der Waals surface area contributed by atoms with Crippen LogP contribution in [-0.4, -0.2) is 32.3 Å². The molecule has 2 aromatic rings. The summed E-state index contributed by atoms with van der Waals surface area (Å²) in [6.45, 7) is 6.58. The second-order valence-corrected chi connectivity index (χ2v) is 6.94. The molecular weight excluding hydrogens is 292 g/mol. The minimum atomic E-state index is -0.248. The summed E-state index contributed by atoms with van der Waals surface area (Å²) in [6.07, 6.45) is 5.63. The molecule has 6 heteroatoms. The number of carbonyl (C=O) groups is 1. The maximum Gasteiger partial charge on any atom is 0.292 e. The maximum atomic E-state index is 13.2. The lowest BCUT2D eigenvalue weighted by Crippen LogP contribution is -2.57. The van der Waals surface area contributed by atoms with Crippen molar-refractivity contribution in [3.05, 3.63) is 35.1 Å². The van der Waals surface area contributed by atoms with Crippen molar-refractivity contribution in [3.63, 3.8) is 0 Å². The Bertz CT molecular complexity index is 754. The van der Waals surface area contributed by atoms with E-state index in [2.05, 4.69) is 15.0 Å². The van der Waals surface area contributed by atoms with E-state index in [0.29, 0.717) is 23.9 Å². The van der Waals surface area contributed by atoms with Gasteiger partial charge in [0.25, 0.3) is 5.91 Å². The van der Waals surface area contributed by atoms with E-state index in [1.165, 1.54) is 5.69 Å². The monoisotopic (exact) mass is 314 g/mol. The molecule has 2 aromatic heterocycles. The molecule has 1 aliphatic carbocycles. The minimum Gasteiger partial charge on any atom is -0.435 e. The number of hydrogen-bond donors (Lipinski definition) is 1. The second kappa shape index (κ2) is 4.94. The molecule has 1 N–H and O–H groups in total. The number of nitrogens with zero attached hydrogens (tertiary/aromatic N) is 3. The van der Waals surface area contributed by atoms with Crippen LogP contribution in [0.5, 0.6) is 0 Å². The van der Waals surface area contributed by atoms with Crippen molar-refractivity contribution in [1.82, 2.24) is 19.9 Å². The molecule has 0 radical (unpaired) electrons. The Morgan fingerprint density at radius 2 is 2.22 bits per heavy atom. The van der Waals surface area contributed by atoms with Crippen LogP contribution in [0.1, 0.15) is 72.6 Å². The van der Waals surface area contributed by atoms with Gasteiger partial charge in [-0.3, -0.25) is 4.79 Å². The predicted molar refractivity (Wildman–Crippen MR) is 84.2 cm³/mol. The lowest BCUT2D eigenvalue weighted by Gasteiger charge is -2.51. The SMILES string of the molecule is Cc1nc(C(C)C)oc1C(=O)N1CCc2[nH]cnc2C12CCC2. The summed E-state index contributed by atoms with van der Waals surface area (Å²) in [5.74, 6) is 1.15. The number of aromatic amines is 1. The highest BCUT2D eigenvalue weighted by molar-refractivity contribution is 5.93. The normalized spacial score (nSPS) is 19.0. The van der Waals surface area contributed by atoms with Gasteiger partial charge in [0.05, 0.1) is 23.3 Å². The van der Waals surface area contributed by atoms with Gasteiger partial charge < -0.3 is 14.3 Å². The number of H-pyrrole nitrogens is 1. The molecule has 3 heterocycles. The Morgan fingerprint density at radius 1 is 1.43 bits per heavy atom. The van der Waals surface area contributed by atoms with Crippen molar-refractivity contribution in [2.75, 3.05) is 6.54 Å². The third kappa shape index (κ3) is 1.97. The molecule has 4 rings (SSSR count). The zero-order chi connectivity index (χ0) is 16.2. The molecule has 1 amide bonds. The molecular formula is C17H22N4O2. The molecule has 0 saturated heterocycles. The third-order valence-corrected chi connectivity index (χ3v) is 5.19. The number of fused-ring (bicyclic) bond motifs is 2. The second-order valence-electron chi connectivity index (χ2n) is 6.94. The van der Waals surface area contributed by atoms with Crippen LogP contribution in [-0.2, 0) is 12.0 Å². The van der Waals surface area contributed by atoms with Crippen LogP contribution in [0, 0.1) is 6.92 Å². The summed E-state index contributed by atoms with van der Waals surface area (Å²) < 4.78 is 5.79. The first-order valence-electron chi connectivity index (χ1n) is 8.35. The molecule has 0 bridgehead atoms. The Kier molecular flexibility index (Phi) is 3.11. The van der Waals surface area contributed by atoms with E-state index in [1.807, 2.05) is 25.7 Å². The summed E-state index contributed by atoms with van der Waals surface area (Å²) in [6, 6.07) is 0. The number of aryl methyl sites for hydroxylation is 1. The van der Waals surface area contributed by atoms with E-state index < -0.39 is 0 Å². The summed E-state index contributed by atoms with van der Waals surface area (Å²) >= 11 is 0. The van der Waals surface area contributed by atoms with Crippen molar-refractivity contribution in [1.29, 1.82) is 0 Å². The lowest BCUT2D eigenvalue weighted by molar-refractivity contribution is 0.00201. The van der Waals surface area contributed by atoms with Crippen LogP contribution in [0.3, 0.4) is 0 Å². The first kappa shape index (κ1) is 14.5. The standard InChI is InChI=1S/C17H22N4O2/c1-10(2)15-20-11(3)13(23-15)16(22)21-8-5-12-14(19-9-18-12)17(21)6-4-7-17/h9-10H,4-8H2,1-3H3,(H,18,19). The van der Waals surface area contributed by atoms with Crippen LogP contribution in [0.4, 0.5) is 0 Å². The van der Waals surface area contributed by atoms with Crippen molar-refractivity contribution >= 4 is 5.91 Å². The number of oxazole rings is 1. The Morgan fingerprint density at radius 3 is 2.83 bits per heavy atom. The van der Waals surface area contributed by atoms with Gasteiger partial charge in [0.2, 0.25) is 5.76 Å². The number of rotatable bonds is 2. The number of amides is 1. The number of nitrogens with one attached hydrogen (secondary N) is 1. The van der Waals surface area contributed by atoms with E-state index >= 15 is 0 Å². The average molecular weight is 314 g/mol. The molecule has 1 aliphatic heterocycles. The van der Waals surface area contributed by atoms with Crippen LogP contribution < -0.4 is 0 Å². The highest BCUT2D eigenvalue weighted by atomic mass is 16.4. The van der Waals surface area contributed by atoms with Crippen LogP contribution in [0.15, 0.2) is 10.7 Å². The van der Waals surface area contributed by atoms with Crippen LogP contribution in [0.25, 0.3) is 0 Å². The first-order chi connectivity index (χ1) is 11.0. The topological polar surface area (TPSA) is 75.0 Å². The van der Waals surface area contributed by atoms with Gasteiger partial charge in [-0.2, -0.15) is 0 Å². The number of aromatic nitrogens is 3. The number of hydrogen-bond acceptors (Lipinski definition) is 4. The van der Waals surface area contributed by atoms with Gasteiger partial charge in [-0.1, -0.05) is 13.8 Å². The van der Waals surface area contributed by atoms with Crippen molar-refractivity contribution < 1.29 is 9.21 Å². The summed E-state index contributed by atoms with van der Waals surface area (Å²) in [7, 11) is 0. The van der Waals surface area contributed by atoms with Gasteiger partial charge in [0.15, 0.2) is 5.89 Å². The Balaban J connectivity index is 1.72. The van der Waals surface area contributed by atoms with Gasteiger partial charge >= 0.3 is 0 Å². The fourth-order valence-corrected chi connectivity index (χ4v) is 3.78. The Labute approximate surface area is 135 Å². The predicted octanol–water partition coefficient (Wildman–Crippen LogP) is 2.91. The summed E-state index contributed by atoms with van der Waals surface area (Å²) in [4.78, 5) is 27.3. The van der Waals surface area contributed by atoms with Crippen LogP contribution >= 0.6 is 0 Å². The summed E-state index contributed by atoms with van der Waals surface area (Å²) in [5.41, 5.74) is 2.65. The van der Waals surface area contributed by atoms with Crippen molar-refractivity contribution in [2.45, 2.75) is 57.9 Å². The molecule has 0 atom stereocenters. The zero-order valence-corrected chi connectivity index (χ0v) is 13.8. The molecule has 0 aromatic carbocycles. The van der Waals surface area contributed by atoms with E-state index in [1.54, 1.807) is 6.33 Å². The third-order valence-electron chi connectivity index (χ3n) is 5.19. The first-order valence-corrected chi connectivity index (χ1v) is 8.35. The van der Waals surface area contributed by atoms with Crippen LogP contribution in [0.2, 0.25) is 0 Å². The van der Waals surface area contributed by atoms with Gasteiger partial charge in [-0.25, -0.2) is 9.97 Å². The number of imidazole rings is 1. The molecule has 122 valence electrons. The minimum absolute atomic E-state index is 0.0461. The highest BCUT2D eigenvalue weighted by Gasteiger charge is 2.51. The number of carbonyl (C=O) groups excluding carboxylic acids is 1. The molecule has 23 heavy (non-hydrogen) atoms. The van der Waals surface area contributed by atoms with E-state index in [-0.39, 0.29) is 17.4 Å². The van der Waals surface area contributed by atoms with Crippen molar-refractivity contribution in [3.8, 4) is 0 Å². The summed E-state index contributed by atoms with van der Waals surface area (Å²) in [5, 5.41) is 0. The van der Waals surface area contributed by atoms with Crippen molar-refractivity contribution in [2.24, 2.45) is 0 Å². The lowest BCUT2D eigenvalue weighted by atomic mass is 9.70. The maximum absolute atomic E-state index is 13.2. The van der Waals surface area contributed by atoms with E-state index in [4.69, 9.17) is 4.42 Å². The molecule has 0 unspecified atom stereocenters. The highest BCUT2D eigenvalue weighted by Crippen LogP contribution is 2.49. The molecule has 1 spiro atoms. The largest absolute Gasteiger partial charge is 0.435 e. The quantitative estimate of drug-likeness (QED) is 0.925. The van der Waals surface area contributed by atoms with E-state index in [0.717, 1.165) is 31.4 Å². The van der Waals surface area contributed by atoms with Gasteiger partial charge in [-0.15, -0.1) is 0 Å².